The third-order valence-corrected chi connectivity index (χ3v) is 2.46. The van der Waals surface area contributed by atoms with Crippen molar-refractivity contribution in [3.63, 3.8) is 0 Å². The average Bonchev–Trinajstić information content (AvgIpc) is 2.36. The van der Waals surface area contributed by atoms with Gasteiger partial charge in [0, 0.05) is 0 Å². The van der Waals surface area contributed by atoms with Crippen LogP contribution in [0.15, 0.2) is 17.2 Å². The van der Waals surface area contributed by atoms with Crippen LogP contribution in [0.3, 0.4) is 0 Å². The maximum atomic E-state index is 6.15. The van der Waals surface area contributed by atoms with Crippen LogP contribution in [-0.4, -0.2) is 25.0 Å². The number of benzene rings is 1. The minimum absolute atomic E-state index is 0.0946. The lowest BCUT2D eigenvalue weighted by Crippen LogP contribution is -2.23. The van der Waals surface area contributed by atoms with E-state index in [4.69, 9.17) is 26.8 Å². The van der Waals surface area contributed by atoms with E-state index in [1.165, 1.54) is 6.21 Å². The third-order valence-electron chi connectivity index (χ3n) is 2.09. The Balaban J connectivity index is 2.95. The number of halogens is 1. The van der Waals surface area contributed by atoms with Gasteiger partial charge in [0.25, 0.3) is 0 Å². The number of ether oxygens (including phenoxy) is 2. The van der Waals surface area contributed by atoms with Crippen molar-refractivity contribution in [2.75, 3.05) is 13.7 Å². The van der Waals surface area contributed by atoms with Gasteiger partial charge >= 0.3 is 0 Å². The first-order valence-electron chi connectivity index (χ1n) is 5.67. The van der Waals surface area contributed by atoms with Gasteiger partial charge in [-0.2, -0.15) is 5.10 Å². The van der Waals surface area contributed by atoms with E-state index in [0.29, 0.717) is 23.1 Å². The number of nitrogens with two attached hydrogens (primary N) is 1. The molecule has 19 heavy (non-hydrogen) atoms. The molecule has 7 heteroatoms. The summed E-state index contributed by atoms with van der Waals surface area (Å²) < 4.78 is 10.8. The van der Waals surface area contributed by atoms with Crippen molar-refractivity contribution in [2.45, 2.75) is 13.3 Å². The molecule has 0 aliphatic rings. The molecule has 0 saturated carbocycles. The van der Waals surface area contributed by atoms with Crippen LogP contribution in [0.5, 0.6) is 11.5 Å². The van der Waals surface area contributed by atoms with E-state index in [1.807, 2.05) is 6.92 Å². The highest BCUT2D eigenvalue weighted by Gasteiger charge is 2.11. The topological polar surface area (TPSA) is 68.9 Å². The van der Waals surface area contributed by atoms with Crippen molar-refractivity contribution >= 4 is 35.1 Å². The molecule has 0 bridgehead atoms. The zero-order valence-electron chi connectivity index (χ0n) is 10.8. The summed E-state index contributed by atoms with van der Waals surface area (Å²) in [6.45, 7) is 2.59. The summed E-state index contributed by atoms with van der Waals surface area (Å²) in [5, 5.41) is 4.41. The summed E-state index contributed by atoms with van der Waals surface area (Å²) >= 11 is 10.8. The fraction of sp³-hybridized carbons (Fsp3) is 0.333. The number of nitrogens with zero attached hydrogens (tertiary/aromatic N) is 1. The van der Waals surface area contributed by atoms with Crippen LogP contribution in [0, 0.1) is 0 Å². The van der Waals surface area contributed by atoms with Gasteiger partial charge < -0.3 is 15.2 Å². The molecule has 104 valence electrons. The van der Waals surface area contributed by atoms with Gasteiger partial charge in [0.05, 0.1) is 25.0 Å². The number of nitrogens with one attached hydrogen (secondary N) is 1. The normalized spacial score (nSPS) is 10.5. The molecule has 0 unspecified atom stereocenters. The monoisotopic (exact) mass is 301 g/mol. The second kappa shape index (κ2) is 7.81. The smallest absolute Gasteiger partial charge is 0.184 e. The average molecular weight is 302 g/mol. The fourth-order valence-corrected chi connectivity index (χ4v) is 1.66. The molecule has 0 atom stereocenters. The highest BCUT2D eigenvalue weighted by molar-refractivity contribution is 7.80. The lowest BCUT2D eigenvalue weighted by Gasteiger charge is -2.12. The summed E-state index contributed by atoms with van der Waals surface area (Å²) in [6.07, 6.45) is 2.43. The van der Waals surface area contributed by atoms with Crippen molar-refractivity contribution in [2.24, 2.45) is 10.8 Å². The molecule has 0 radical (unpaired) electrons. The summed E-state index contributed by atoms with van der Waals surface area (Å²) in [5.41, 5.74) is 8.47. The van der Waals surface area contributed by atoms with Crippen LogP contribution in [0.4, 0.5) is 0 Å². The maximum absolute atomic E-state index is 6.15. The lowest BCUT2D eigenvalue weighted by molar-refractivity contribution is 0.294. The van der Waals surface area contributed by atoms with Gasteiger partial charge in [0.15, 0.2) is 16.6 Å². The zero-order chi connectivity index (χ0) is 14.3. The van der Waals surface area contributed by atoms with Crippen LogP contribution in [0.2, 0.25) is 5.02 Å². The van der Waals surface area contributed by atoms with Gasteiger partial charge in [0.1, 0.15) is 0 Å². The molecule has 0 heterocycles. The number of methoxy groups -OCH3 is 1. The summed E-state index contributed by atoms with van der Waals surface area (Å²) in [5.74, 6) is 1.09. The Hall–Kier alpha value is -1.53. The number of hydrazone groups is 1. The molecule has 1 aromatic rings. The molecule has 0 aliphatic heterocycles. The van der Waals surface area contributed by atoms with Gasteiger partial charge in [-0.05, 0) is 36.3 Å². The van der Waals surface area contributed by atoms with E-state index >= 15 is 0 Å². The lowest BCUT2D eigenvalue weighted by atomic mass is 10.2. The standard InChI is InChI=1S/C12H16ClN3O2S/c1-3-4-18-11-9(13)5-8(6-10(11)17-2)7-15-16-12(14)19/h5-7H,3-4H2,1-2H3,(H3,14,16,19). The Morgan fingerprint density at radius 2 is 2.32 bits per heavy atom. The van der Waals surface area contributed by atoms with Gasteiger partial charge in [-0.3, -0.25) is 5.43 Å². The van der Waals surface area contributed by atoms with Crippen LogP contribution in [0.1, 0.15) is 18.9 Å². The Morgan fingerprint density at radius 3 is 2.89 bits per heavy atom. The largest absolute Gasteiger partial charge is 0.493 e. The van der Waals surface area contributed by atoms with Crippen molar-refractivity contribution < 1.29 is 9.47 Å². The molecule has 1 rings (SSSR count). The molecule has 0 fully saturated rings. The number of hydrogen-bond acceptors (Lipinski definition) is 4. The minimum Gasteiger partial charge on any atom is -0.493 e. The molecule has 0 aliphatic carbocycles. The molecule has 5 nitrogen and oxygen atoms in total. The second-order valence-electron chi connectivity index (χ2n) is 3.62. The predicted molar refractivity (Wildman–Crippen MR) is 81.3 cm³/mol. The number of hydrogen-bond donors (Lipinski definition) is 2. The van der Waals surface area contributed by atoms with Crippen LogP contribution >= 0.6 is 23.8 Å². The predicted octanol–water partition coefficient (Wildman–Crippen LogP) is 2.30. The first-order valence-corrected chi connectivity index (χ1v) is 6.46. The summed E-state index contributed by atoms with van der Waals surface area (Å²) in [6, 6.07) is 3.49. The Kier molecular flexibility index (Phi) is 6.38. The highest BCUT2D eigenvalue weighted by atomic mass is 35.5. The number of rotatable bonds is 6. The van der Waals surface area contributed by atoms with E-state index in [9.17, 15) is 0 Å². The molecular formula is C12H16ClN3O2S. The van der Waals surface area contributed by atoms with E-state index in [1.54, 1.807) is 19.2 Å². The second-order valence-corrected chi connectivity index (χ2v) is 4.46. The molecular weight excluding hydrogens is 286 g/mol. The molecule has 0 saturated heterocycles. The first kappa shape index (κ1) is 15.5. The van der Waals surface area contributed by atoms with Gasteiger partial charge in [0.2, 0.25) is 0 Å². The van der Waals surface area contributed by atoms with Crippen LogP contribution in [0.25, 0.3) is 0 Å². The first-order chi connectivity index (χ1) is 9.08. The third kappa shape index (κ3) is 4.92. The maximum Gasteiger partial charge on any atom is 0.184 e. The van der Waals surface area contributed by atoms with E-state index < -0.39 is 0 Å². The Bertz CT molecular complexity index is 480. The molecule has 0 amide bonds. The van der Waals surface area contributed by atoms with Gasteiger partial charge in [-0.25, -0.2) is 0 Å². The summed E-state index contributed by atoms with van der Waals surface area (Å²) in [7, 11) is 1.55. The SMILES string of the molecule is CCCOc1c(Cl)cc(C=NNC(N)=S)cc1OC. The van der Waals surface area contributed by atoms with Gasteiger partial charge in [-0.15, -0.1) is 0 Å². The van der Waals surface area contributed by atoms with Crippen molar-refractivity contribution in [3.8, 4) is 11.5 Å². The van der Waals surface area contributed by atoms with Crippen molar-refractivity contribution in [3.05, 3.63) is 22.7 Å². The number of thiocarbonyl (C=S) groups is 1. The molecule has 3 N–H and O–H groups in total. The van der Waals surface area contributed by atoms with Gasteiger partial charge in [-0.1, -0.05) is 18.5 Å². The van der Waals surface area contributed by atoms with E-state index in [2.05, 4.69) is 22.7 Å². The van der Waals surface area contributed by atoms with Crippen LogP contribution in [-0.2, 0) is 0 Å². The fourth-order valence-electron chi connectivity index (χ4n) is 1.33. The molecule has 1 aromatic carbocycles. The Morgan fingerprint density at radius 1 is 1.58 bits per heavy atom. The Labute approximate surface area is 122 Å². The van der Waals surface area contributed by atoms with Crippen LogP contribution < -0.4 is 20.6 Å². The minimum atomic E-state index is 0.0946. The van der Waals surface area contributed by atoms with Crippen molar-refractivity contribution in [1.82, 2.24) is 5.43 Å². The molecule has 0 aromatic heterocycles. The van der Waals surface area contributed by atoms with Crippen molar-refractivity contribution in [1.29, 1.82) is 0 Å². The molecule has 0 spiro atoms. The zero-order valence-corrected chi connectivity index (χ0v) is 12.3. The summed E-state index contributed by atoms with van der Waals surface area (Å²) in [4.78, 5) is 0. The van der Waals surface area contributed by atoms with E-state index in [0.717, 1.165) is 12.0 Å². The quantitative estimate of drug-likeness (QED) is 0.479. The van der Waals surface area contributed by atoms with E-state index in [-0.39, 0.29) is 5.11 Å². The highest BCUT2D eigenvalue weighted by Crippen LogP contribution is 2.36.